The molecule has 0 bridgehead atoms. The minimum Gasteiger partial charge on any atom is -0.333 e. The van der Waals surface area contributed by atoms with Crippen LogP contribution in [0.5, 0.6) is 0 Å². The molecule has 1 aromatic heterocycles. The first kappa shape index (κ1) is 14.4. The van der Waals surface area contributed by atoms with Crippen LogP contribution in [-0.4, -0.2) is 53.5 Å². The molecule has 1 aromatic rings. The monoisotopic (exact) mass is 309 g/mol. The molecule has 0 N–H and O–H groups in total. The SMILES string of the molecule is Cc1cc(C(=O)N2CCS(=O)(=O)CC2C2CCC2)cnn1. The molecular weight excluding hydrogens is 290 g/mol. The summed E-state index contributed by atoms with van der Waals surface area (Å²) in [6.07, 6.45) is 4.60. The van der Waals surface area contributed by atoms with Crippen LogP contribution in [0.4, 0.5) is 0 Å². The first-order valence-corrected chi connectivity index (χ1v) is 9.09. The van der Waals surface area contributed by atoms with Crippen LogP contribution in [0.3, 0.4) is 0 Å². The second-order valence-corrected chi connectivity index (χ2v) is 8.19. The summed E-state index contributed by atoms with van der Waals surface area (Å²) in [6, 6.07) is 1.52. The molecule has 0 aromatic carbocycles. The smallest absolute Gasteiger partial charge is 0.255 e. The molecule has 1 aliphatic heterocycles. The van der Waals surface area contributed by atoms with Crippen molar-refractivity contribution in [3.8, 4) is 0 Å². The van der Waals surface area contributed by atoms with Crippen LogP contribution in [0.1, 0.15) is 35.3 Å². The van der Waals surface area contributed by atoms with Gasteiger partial charge in [0.2, 0.25) is 0 Å². The molecule has 1 amide bonds. The number of nitrogens with zero attached hydrogens (tertiary/aromatic N) is 3. The topological polar surface area (TPSA) is 80.2 Å². The molecule has 1 saturated heterocycles. The average Bonchev–Trinajstić information content (AvgIpc) is 2.35. The highest BCUT2D eigenvalue weighted by Gasteiger charge is 2.41. The van der Waals surface area contributed by atoms with E-state index in [1.54, 1.807) is 17.9 Å². The Hall–Kier alpha value is -1.50. The maximum absolute atomic E-state index is 12.7. The zero-order valence-corrected chi connectivity index (χ0v) is 12.8. The normalized spacial score (nSPS) is 25.4. The molecule has 1 aliphatic carbocycles. The number of hydrogen-bond acceptors (Lipinski definition) is 5. The van der Waals surface area contributed by atoms with Gasteiger partial charge in [0.15, 0.2) is 9.84 Å². The first-order valence-electron chi connectivity index (χ1n) is 7.27. The van der Waals surface area contributed by atoms with Crippen LogP contribution in [0.15, 0.2) is 12.3 Å². The van der Waals surface area contributed by atoms with Crippen LogP contribution in [0.2, 0.25) is 0 Å². The van der Waals surface area contributed by atoms with Gasteiger partial charge in [0.25, 0.3) is 5.91 Å². The zero-order valence-electron chi connectivity index (χ0n) is 12.0. The van der Waals surface area contributed by atoms with Gasteiger partial charge in [-0.1, -0.05) is 6.42 Å². The average molecular weight is 309 g/mol. The summed E-state index contributed by atoms with van der Waals surface area (Å²) in [5.41, 5.74) is 1.18. The Kier molecular flexibility index (Phi) is 3.69. The lowest BCUT2D eigenvalue weighted by atomic mass is 9.79. The van der Waals surface area contributed by atoms with Gasteiger partial charge in [0, 0.05) is 12.6 Å². The van der Waals surface area contributed by atoms with Crippen molar-refractivity contribution < 1.29 is 13.2 Å². The van der Waals surface area contributed by atoms with Crippen molar-refractivity contribution in [2.75, 3.05) is 18.1 Å². The van der Waals surface area contributed by atoms with Gasteiger partial charge in [-0.25, -0.2) is 8.42 Å². The quantitative estimate of drug-likeness (QED) is 0.808. The standard InChI is InChI=1S/C14H19N3O3S/c1-10-7-12(8-15-16-10)14(18)17-5-6-21(19,20)9-13(17)11-3-2-4-11/h7-8,11,13H,2-6,9H2,1H3. The molecule has 6 nitrogen and oxygen atoms in total. The minimum atomic E-state index is -3.03. The summed E-state index contributed by atoms with van der Waals surface area (Å²) in [6.45, 7) is 2.07. The van der Waals surface area contributed by atoms with Gasteiger partial charge in [0.1, 0.15) is 0 Å². The highest BCUT2D eigenvalue weighted by molar-refractivity contribution is 7.91. The lowest BCUT2D eigenvalue weighted by molar-refractivity contribution is 0.0562. The fourth-order valence-corrected chi connectivity index (χ4v) is 4.67. The third kappa shape index (κ3) is 2.92. The Morgan fingerprint density at radius 2 is 2.14 bits per heavy atom. The van der Waals surface area contributed by atoms with Gasteiger partial charge >= 0.3 is 0 Å². The van der Waals surface area contributed by atoms with Gasteiger partial charge in [-0.3, -0.25) is 4.79 Å². The Balaban J connectivity index is 1.86. The molecule has 21 heavy (non-hydrogen) atoms. The molecule has 2 fully saturated rings. The molecule has 1 saturated carbocycles. The Morgan fingerprint density at radius 1 is 1.38 bits per heavy atom. The molecule has 2 heterocycles. The van der Waals surface area contributed by atoms with Gasteiger partial charge < -0.3 is 4.90 Å². The number of rotatable bonds is 2. The van der Waals surface area contributed by atoms with E-state index in [0.717, 1.165) is 19.3 Å². The highest BCUT2D eigenvalue weighted by Crippen LogP contribution is 2.35. The molecule has 3 rings (SSSR count). The summed E-state index contributed by atoms with van der Waals surface area (Å²) in [5.74, 6) is 0.347. The van der Waals surface area contributed by atoms with Crippen molar-refractivity contribution in [2.45, 2.75) is 32.2 Å². The molecule has 1 unspecified atom stereocenters. The predicted octanol–water partition coefficient (Wildman–Crippen LogP) is 0.824. The predicted molar refractivity (Wildman–Crippen MR) is 77.6 cm³/mol. The van der Waals surface area contributed by atoms with Gasteiger partial charge in [0.05, 0.1) is 29.0 Å². The number of amides is 1. The largest absolute Gasteiger partial charge is 0.333 e. The molecule has 114 valence electrons. The van der Waals surface area contributed by atoms with Crippen LogP contribution in [-0.2, 0) is 9.84 Å². The fourth-order valence-electron chi connectivity index (χ4n) is 3.06. The van der Waals surface area contributed by atoms with E-state index in [1.165, 1.54) is 6.20 Å². The molecule has 7 heteroatoms. The molecule has 0 spiro atoms. The van der Waals surface area contributed by atoms with Crippen molar-refractivity contribution in [1.82, 2.24) is 15.1 Å². The number of carbonyl (C=O) groups excluding carboxylic acids is 1. The van der Waals surface area contributed by atoms with Crippen LogP contribution >= 0.6 is 0 Å². The second-order valence-electron chi connectivity index (χ2n) is 5.96. The van der Waals surface area contributed by atoms with Crippen LogP contribution in [0, 0.1) is 12.8 Å². The van der Waals surface area contributed by atoms with E-state index in [9.17, 15) is 13.2 Å². The van der Waals surface area contributed by atoms with Crippen LogP contribution in [0.25, 0.3) is 0 Å². The van der Waals surface area contributed by atoms with Gasteiger partial charge in [-0.2, -0.15) is 10.2 Å². The van der Waals surface area contributed by atoms with Gasteiger partial charge in [-0.15, -0.1) is 0 Å². The first-order chi connectivity index (χ1) is 9.96. The number of carbonyl (C=O) groups is 1. The van der Waals surface area contributed by atoms with E-state index < -0.39 is 9.84 Å². The zero-order chi connectivity index (χ0) is 15.0. The maximum Gasteiger partial charge on any atom is 0.255 e. The summed E-state index contributed by atoms with van der Waals surface area (Å²) in [4.78, 5) is 14.4. The van der Waals surface area contributed by atoms with E-state index in [4.69, 9.17) is 0 Å². The number of aromatic nitrogens is 2. The maximum atomic E-state index is 12.7. The number of hydrogen-bond donors (Lipinski definition) is 0. The molecule has 1 atom stereocenters. The lowest BCUT2D eigenvalue weighted by Gasteiger charge is -2.43. The second kappa shape index (κ2) is 5.36. The van der Waals surface area contributed by atoms with Crippen molar-refractivity contribution in [3.05, 3.63) is 23.5 Å². The number of aryl methyl sites for hydroxylation is 1. The van der Waals surface area contributed by atoms with Gasteiger partial charge in [-0.05, 0) is 31.7 Å². The Bertz CT molecular complexity index is 655. The number of sulfone groups is 1. The summed E-state index contributed by atoms with van der Waals surface area (Å²) in [7, 11) is -3.03. The van der Waals surface area contributed by atoms with E-state index in [0.29, 0.717) is 17.2 Å². The third-order valence-corrected chi connectivity index (χ3v) is 6.10. The van der Waals surface area contributed by atoms with Crippen molar-refractivity contribution in [2.24, 2.45) is 5.92 Å². The summed E-state index contributed by atoms with van der Waals surface area (Å²) < 4.78 is 23.8. The van der Waals surface area contributed by atoms with E-state index >= 15 is 0 Å². The lowest BCUT2D eigenvalue weighted by Crippen LogP contribution is -2.55. The highest BCUT2D eigenvalue weighted by atomic mass is 32.2. The van der Waals surface area contributed by atoms with Crippen LogP contribution < -0.4 is 0 Å². The molecule has 0 radical (unpaired) electrons. The fraction of sp³-hybridized carbons (Fsp3) is 0.643. The van der Waals surface area contributed by atoms with E-state index in [2.05, 4.69) is 10.2 Å². The van der Waals surface area contributed by atoms with Crippen molar-refractivity contribution in [1.29, 1.82) is 0 Å². The van der Waals surface area contributed by atoms with E-state index in [-0.39, 0.29) is 30.0 Å². The van der Waals surface area contributed by atoms with Crippen molar-refractivity contribution >= 4 is 15.7 Å². The van der Waals surface area contributed by atoms with Crippen molar-refractivity contribution in [3.63, 3.8) is 0 Å². The Labute approximate surface area is 124 Å². The third-order valence-electron chi connectivity index (χ3n) is 4.45. The Morgan fingerprint density at radius 3 is 2.76 bits per heavy atom. The summed E-state index contributed by atoms with van der Waals surface area (Å²) >= 11 is 0. The minimum absolute atomic E-state index is 0.0550. The molecular formula is C14H19N3O3S. The summed E-state index contributed by atoms with van der Waals surface area (Å²) in [5, 5.41) is 7.67. The molecule has 2 aliphatic rings. The van der Waals surface area contributed by atoms with E-state index in [1.807, 2.05) is 0 Å².